The summed E-state index contributed by atoms with van der Waals surface area (Å²) in [6.45, 7) is 1.61. The van der Waals surface area contributed by atoms with Crippen molar-refractivity contribution in [3.05, 3.63) is 23.3 Å². The van der Waals surface area contributed by atoms with E-state index in [9.17, 15) is 9.59 Å². The number of hydrogen-bond donors (Lipinski definition) is 1. The minimum Gasteiger partial charge on any atom is -0.493 e. The molecule has 0 amide bonds. The van der Waals surface area contributed by atoms with Crippen LogP contribution in [0.1, 0.15) is 22.8 Å². The highest BCUT2D eigenvalue weighted by Gasteiger charge is 2.19. The Morgan fingerprint density at radius 3 is 2.39 bits per heavy atom. The first-order valence-electron chi connectivity index (χ1n) is 5.47. The van der Waals surface area contributed by atoms with Crippen molar-refractivity contribution in [2.45, 2.75) is 13.3 Å². The zero-order valence-electron chi connectivity index (χ0n) is 10.6. The summed E-state index contributed by atoms with van der Waals surface area (Å²) in [5, 5.41) is 8.91. The standard InChI is InChI=1S/C13H16O5/c1-8(13(15)16)6-9-4-5-10(7-14)12(18-3)11(9)17-2/h4-5,7-8H,6H2,1-3H3,(H,15,16). The van der Waals surface area contributed by atoms with Gasteiger partial charge in [0.15, 0.2) is 17.8 Å². The van der Waals surface area contributed by atoms with Gasteiger partial charge >= 0.3 is 5.97 Å². The highest BCUT2D eigenvalue weighted by Crippen LogP contribution is 2.35. The van der Waals surface area contributed by atoms with E-state index < -0.39 is 11.9 Å². The molecule has 0 aliphatic heterocycles. The summed E-state index contributed by atoms with van der Waals surface area (Å²) in [6.07, 6.45) is 0.986. The molecular formula is C13H16O5. The Hall–Kier alpha value is -2.04. The van der Waals surface area contributed by atoms with Crippen LogP contribution in [0.4, 0.5) is 0 Å². The zero-order valence-corrected chi connectivity index (χ0v) is 10.6. The van der Waals surface area contributed by atoms with Crippen LogP contribution in [-0.4, -0.2) is 31.6 Å². The molecule has 1 rings (SSSR count). The molecule has 0 radical (unpaired) electrons. The SMILES string of the molecule is COc1c(C=O)ccc(CC(C)C(=O)O)c1OC. The van der Waals surface area contributed by atoms with Gasteiger partial charge in [-0.3, -0.25) is 9.59 Å². The van der Waals surface area contributed by atoms with E-state index in [1.54, 1.807) is 19.1 Å². The summed E-state index contributed by atoms with van der Waals surface area (Å²) in [5.74, 6) is -0.668. The lowest BCUT2D eigenvalue weighted by Gasteiger charge is -2.15. The number of aliphatic carboxylic acids is 1. The normalized spacial score (nSPS) is 11.7. The second-order valence-corrected chi connectivity index (χ2v) is 3.94. The van der Waals surface area contributed by atoms with Crippen molar-refractivity contribution in [2.24, 2.45) is 5.92 Å². The van der Waals surface area contributed by atoms with Crippen molar-refractivity contribution >= 4 is 12.3 Å². The van der Waals surface area contributed by atoms with E-state index in [1.165, 1.54) is 14.2 Å². The molecular weight excluding hydrogens is 236 g/mol. The molecule has 0 spiro atoms. The average Bonchev–Trinajstić information content (AvgIpc) is 2.37. The Bertz CT molecular complexity index is 453. The van der Waals surface area contributed by atoms with Gasteiger partial charge in [-0.05, 0) is 18.1 Å². The first-order chi connectivity index (χ1) is 8.54. The summed E-state index contributed by atoms with van der Waals surface area (Å²) >= 11 is 0. The number of carbonyl (C=O) groups excluding carboxylic acids is 1. The van der Waals surface area contributed by atoms with Crippen LogP contribution in [0.5, 0.6) is 11.5 Å². The number of carboxylic acid groups (broad SMARTS) is 1. The van der Waals surface area contributed by atoms with Crippen LogP contribution in [0.2, 0.25) is 0 Å². The molecule has 5 heteroatoms. The van der Waals surface area contributed by atoms with E-state index in [4.69, 9.17) is 14.6 Å². The van der Waals surface area contributed by atoms with Gasteiger partial charge in [0, 0.05) is 0 Å². The van der Waals surface area contributed by atoms with Gasteiger partial charge in [0.25, 0.3) is 0 Å². The first-order valence-corrected chi connectivity index (χ1v) is 5.47. The van der Waals surface area contributed by atoms with E-state index in [0.717, 1.165) is 0 Å². The molecule has 98 valence electrons. The summed E-state index contributed by atoms with van der Waals surface area (Å²) in [5.41, 5.74) is 1.08. The first kappa shape index (κ1) is 14.0. The Morgan fingerprint density at radius 2 is 1.94 bits per heavy atom. The summed E-state index contributed by atoms with van der Waals surface area (Å²) in [6, 6.07) is 3.28. The molecule has 0 bridgehead atoms. The van der Waals surface area contributed by atoms with E-state index in [-0.39, 0.29) is 0 Å². The molecule has 0 heterocycles. The highest BCUT2D eigenvalue weighted by atomic mass is 16.5. The van der Waals surface area contributed by atoms with Crippen LogP contribution in [0.3, 0.4) is 0 Å². The number of carboxylic acids is 1. The van der Waals surface area contributed by atoms with E-state index in [0.29, 0.717) is 35.3 Å². The molecule has 0 aliphatic rings. The maximum Gasteiger partial charge on any atom is 0.306 e. The highest BCUT2D eigenvalue weighted by molar-refractivity contribution is 5.82. The van der Waals surface area contributed by atoms with Gasteiger partial charge in [-0.15, -0.1) is 0 Å². The van der Waals surface area contributed by atoms with Gasteiger partial charge in [0.05, 0.1) is 25.7 Å². The number of hydrogen-bond acceptors (Lipinski definition) is 4. The number of benzene rings is 1. The zero-order chi connectivity index (χ0) is 13.7. The number of carbonyl (C=O) groups is 2. The van der Waals surface area contributed by atoms with Crippen molar-refractivity contribution in [1.29, 1.82) is 0 Å². The minimum absolute atomic E-state index is 0.313. The van der Waals surface area contributed by atoms with E-state index in [2.05, 4.69) is 0 Å². The number of methoxy groups -OCH3 is 2. The topological polar surface area (TPSA) is 72.8 Å². The van der Waals surface area contributed by atoms with Crippen molar-refractivity contribution in [3.63, 3.8) is 0 Å². The molecule has 1 N–H and O–H groups in total. The monoisotopic (exact) mass is 252 g/mol. The van der Waals surface area contributed by atoms with Crippen LogP contribution in [0, 0.1) is 5.92 Å². The summed E-state index contributed by atoms with van der Waals surface area (Å²) in [7, 11) is 2.90. The second-order valence-electron chi connectivity index (χ2n) is 3.94. The number of ether oxygens (including phenoxy) is 2. The Kier molecular flexibility index (Phi) is 4.71. The van der Waals surface area contributed by atoms with Gasteiger partial charge < -0.3 is 14.6 Å². The lowest BCUT2D eigenvalue weighted by Crippen LogP contribution is -2.13. The van der Waals surface area contributed by atoms with Crippen LogP contribution >= 0.6 is 0 Å². The van der Waals surface area contributed by atoms with Gasteiger partial charge in [-0.2, -0.15) is 0 Å². The van der Waals surface area contributed by atoms with Gasteiger partial charge in [-0.1, -0.05) is 13.0 Å². The molecule has 1 unspecified atom stereocenters. The Balaban J connectivity index is 3.20. The maximum absolute atomic E-state index is 10.9. The van der Waals surface area contributed by atoms with Crippen LogP contribution in [0.15, 0.2) is 12.1 Å². The molecule has 18 heavy (non-hydrogen) atoms. The van der Waals surface area contributed by atoms with Gasteiger partial charge in [-0.25, -0.2) is 0 Å². The van der Waals surface area contributed by atoms with E-state index >= 15 is 0 Å². The maximum atomic E-state index is 10.9. The van der Waals surface area contributed by atoms with Crippen LogP contribution in [0.25, 0.3) is 0 Å². The quantitative estimate of drug-likeness (QED) is 0.781. The predicted octanol–water partition coefficient (Wildman–Crippen LogP) is 1.78. The molecule has 1 aromatic carbocycles. The molecule has 5 nitrogen and oxygen atoms in total. The van der Waals surface area contributed by atoms with Crippen molar-refractivity contribution in [2.75, 3.05) is 14.2 Å². The minimum atomic E-state index is -0.879. The largest absolute Gasteiger partial charge is 0.493 e. The van der Waals surface area contributed by atoms with E-state index in [1.807, 2.05) is 0 Å². The predicted molar refractivity (Wildman–Crippen MR) is 65.4 cm³/mol. The molecule has 1 aromatic rings. The van der Waals surface area contributed by atoms with Crippen molar-refractivity contribution < 1.29 is 24.2 Å². The fourth-order valence-corrected chi connectivity index (χ4v) is 1.72. The fraction of sp³-hybridized carbons (Fsp3) is 0.385. The third-order valence-corrected chi connectivity index (χ3v) is 2.71. The Labute approximate surface area is 105 Å². The molecule has 0 aliphatic carbocycles. The Morgan fingerprint density at radius 1 is 1.33 bits per heavy atom. The molecule has 0 saturated carbocycles. The third kappa shape index (κ3) is 2.80. The van der Waals surface area contributed by atoms with Crippen LogP contribution in [-0.2, 0) is 11.2 Å². The lowest BCUT2D eigenvalue weighted by atomic mass is 9.98. The lowest BCUT2D eigenvalue weighted by molar-refractivity contribution is -0.141. The fourth-order valence-electron chi connectivity index (χ4n) is 1.72. The van der Waals surface area contributed by atoms with Crippen molar-refractivity contribution in [3.8, 4) is 11.5 Å². The number of rotatable bonds is 6. The van der Waals surface area contributed by atoms with Crippen molar-refractivity contribution in [1.82, 2.24) is 0 Å². The van der Waals surface area contributed by atoms with Crippen LogP contribution < -0.4 is 9.47 Å². The molecule has 0 saturated heterocycles. The molecule has 1 atom stereocenters. The molecule has 0 fully saturated rings. The van der Waals surface area contributed by atoms with Gasteiger partial charge in [0.2, 0.25) is 0 Å². The molecule has 0 aromatic heterocycles. The van der Waals surface area contributed by atoms with Gasteiger partial charge in [0.1, 0.15) is 0 Å². The smallest absolute Gasteiger partial charge is 0.306 e. The number of aldehydes is 1. The second kappa shape index (κ2) is 6.05. The summed E-state index contributed by atoms with van der Waals surface area (Å²) < 4.78 is 10.4. The third-order valence-electron chi connectivity index (χ3n) is 2.71. The average molecular weight is 252 g/mol. The summed E-state index contributed by atoms with van der Waals surface area (Å²) in [4.78, 5) is 21.7.